The van der Waals surface area contributed by atoms with Crippen molar-refractivity contribution < 1.29 is 98.5 Å². The van der Waals surface area contributed by atoms with Crippen molar-refractivity contribution >= 4 is 5.97 Å². The first kappa shape index (κ1) is 54.5. The number of rotatable bonds is 11. The van der Waals surface area contributed by atoms with Gasteiger partial charge in [-0.15, -0.1) is 0 Å². The molecular weight excluding hydrogens is 921 g/mol. The predicted molar refractivity (Wildman–Crippen MR) is 242 cm³/mol. The zero-order valence-corrected chi connectivity index (χ0v) is 42.1. The summed E-state index contributed by atoms with van der Waals surface area (Å²) in [5.41, 5.74) is 0.0623. The molecule has 8 rings (SSSR count). The molecule has 0 aromatic carbocycles. The van der Waals surface area contributed by atoms with E-state index in [4.69, 9.17) is 42.6 Å². The first-order chi connectivity index (χ1) is 32.8. The Morgan fingerprint density at radius 3 is 1.84 bits per heavy atom. The van der Waals surface area contributed by atoms with Crippen molar-refractivity contribution in [3.05, 3.63) is 22.8 Å². The van der Waals surface area contributed by atoms with Crippen LogP contribution in [0.5, 0.6) is 0 Å². The van der Waals surface area contributed by atoms with Gasteiger partial charge in [0, 0.05) is 24.0 Å². The molecule has 25 atom stereocenters. The highest BCUT2D eigenvalue weighted by Gasteiger charge is 2.75. The van der Waals surface area contributed by atoms with E-state index in [1.165, 1.54) is 25.2 Å². The van der Waals surface area contributed by atoms with Crippen LogP contribution in [-0.4, -0.2) is 201 Å². The van der Waals surface area contributed by atoms with E-state index in [1.54, 1.807) is 14.0 Å². The van der Waals surface area contributed by atoms with Crippen LogP contribution in [0.3, 0.4) is 0 Å². The average molecular weight is 1000 g/mol. The molecule has 0 aromatic heterocycles. The Kier molecular flexibility index (Phi) is 15.4. The number of ether oxygens (including phenoxy) is 9. The van der Waals surface area contributed by atoms with Gasteiger partial charge in [0.05, 0.1) is 38.6 Å². The molecule has 4 saturated heterocycles. The number of carbonyl (C=O) groups excluding carboxylic acids is 1. The van der Waals surface area contributed by atoms with Crippen LogP contribution in [-0.2, 0) is 47.4 Å². The molecule has 20 nitrogen and oxygen atoms in total. The number of aliphatic hydroxyl groups is 10. The molecule has 8 aliphatic rings. The molecule has 0 spiro atoms. The Hall–Kier alpha value is -1.77. The number of esters is 1. The minimum Gasteiger partial charge on any atom is -0.466 e. The van der Waals surface area contributed by atoms with Crippen molar-refractivity contribution in [1.82, 2.24) is 0 Å². The monoisotopic (exact) mass is 1000 g/mol. The molecular formula is C50H80O20. The van der Waals surface area contributed by atoms with Gasteiger partial charge in [-0.25, -0.2) is 4.79 Å². The number of fused-ring (bicyclic) bond motifs is 6. The third-order valence-electron chi connectivity index (χ3n) is 19.3. The van der Waals surface area contributed by atoms with E-state index in [1.807, 2.05) is 13.0 Å². The lowest BCUT2D eigenvalue weighted by Crippen LogP contribution is -2.67. The zero-order chi connectivity index (χ0) is 51.4. The number of aliphatic hydroxyl groups excluding tert-OH is 9. The second-order valence-corrected chi connectivity index (χ2v) is 22.9. The Labute approximate surface area is 409 Å². The standard InChI is InChI=1S/C50H80O20/c1-21(41(60)62-9)17-24-22(2)50(61)31(68-42(24)63-10)18-48(7)26-11-12-29-46(4,5)30(14-15-47(29,6)25(26)13-16-49(48,50)8)67-44-39(36(57)33(54)27(19-51)65-44)70-45-40(37(58)34(55)28(20-52)66-45)69-43-38(59)35(56)32(53)23(3)64-43/h17,22-24,27-40,42-45,51-59,61H,11-16,18-20H2,1-10H3/b21-17+/t22-,23+,24-,27-,28-,29+,30+,31+,32+,33-,34-,35-,36+,37+,38-,39-,40-,42-,43+,44+,45+,47-,48+,49+,50-/m1/s1. The summed E-state index contributed by atoms with van der Waals surface area (Å²) in [6.07, 6.45) is -19.0. The molecule has 0 unspecified atom stereocenters. The smallest absolute Gasteiger partial charge is 0.333 e. The van der Waals surface area contributed by atoms with Gasteiger partial charge < -0.3 is 93.7 Å². The summed E-state index contributed by atoms with van der Waals surface area (Å²) in [4.78, 5) is 12.5. The van der Waals surface area contributed by atoms with Crippen molar-refractivity contribution in [1.29, 1.82) is 0 Å². The summed E-state index contributed by atoms with van der Waals surface area (Å²) in [6.45, 7) is 14.8. The summed E-state index contributed by atoms with van der Waals surface area (Å²) >= 11 is 0. The molecule has 4 aliphatic heterocycles. The summed E-state index contributed by atoms with van der Waals surface area (Å²) in [5, 5.41) is 110. The Morgan fingerprint density at radius 2 is 1.27 bits per heavy atom. The van der Waals surface area contributed by atoms with Gasteiger partial charge in [-0.3, -0.25) is 0 Å². The first-order valence-electron chi connectivity index (χ1n) is 25.1. The summed E-state index contributed by atoms with van der Waals surface area (Å²) in [5.74, 6) is -1.12. The fourth-order valence-electron chi connectivity index (χ4n) is 14.9. The van der Waals surface area contributed by atoms with Crippen molar-refractivity contribution in [3.8, 4) is 0 Å². The SMILES string of the molecule is COC(=O)/C(C)=C/[C@H]1[C@H](OC)O[C@H]2C[C@@]3(C)C4=C(CC[C@]3(C)[C@@]2(O)[C@@H]1C)[C@@]1(C)CC[C@H](O[C@@H]2O[C@H](CO)[C@@H](O)[C@H](O)[C@H]2O[C@@H]2O[C@H](CO)[C@@H](O)[C@H](O)[C@H]2O[C@@H]2O[C@@H](C)[C@H](O)[C@@H](O)[C@H]2O)C(C)(C)[C@@H]1CC4. The maximum absolute atomic E-state index is 13.2. The highest BCUT2D eigenvalue weighted by Crippen LogP contribution is 2.75. The van der Waals surface area contributed by atoms with Gasteiger partial charge in [-0.2, -0.15) is 0 Å². The second kappa shape index (κ2) is 19.7. The van der Waals surface area contributed by atoms with Gasteiger partial charge in [0.25, 0.3) is 0 Å². The minimum atomic E-state index is -1.85. The molecule has 4 heterocycles. The Balaban J connectivity index is 1.06. The highest BCUT2D eigenvalue weighted by molar-refractivity contribution is 5.87. The third kappa shape index (κ3) is 8.30. The zero-order valence-electron chi connectivity index (χ0n) is 42.1. The molecule has 0 bridgehead atoms. The lowest BCUT2D eigenvalue weighted by molar-refractivity contribution is -0.397. The summed E-state index contributed by atoms with van der Waals surface area (Å²) in [7, 11) is 2.92. The van der Waals surface area contributed by atoms with Crippen LogP contribution in [0.15, 0.2) is 22.8 Å². The van der Waals surface area contributed by atoms with Crippen LogP contribution in [0.1, 0.15) is 100 Å². The van der Waals surface area contributed by atoms with Crippen LogP contribution in [0.4, 0.5) is 0 Å². The van der Waals surface area contributed by atoms with E-state index in [0.717, 1.165) is 19.3 Å². The van der Waals surface area contributed by atoms with E-state index in [9.17, 15) is 55.9 Å². The van der Waals surface area contributed by atoms with Gasteiger partial charge in [-0.05, 0) is 86.9 Å². The lowest BCUT2D eigenvalue weighted by atomic mass is 9.42. The Bertz CT molecular complexity index is 1970. The third-order valence-corrected chi connectivity index (χ3v) is 19.3. The molecule has 0 amide bonds. The number of hydrogen-bond acceptors (Lipinski definition) is 20. The van der Waals surface area contributed by atoms with Crippen molar-refractivity contribution in [3.63, 3.8) is 0 Å². The summed E-state index contributed by atoms with van der Waals surface area (Å²) in [6, 6.07) is 0. The van der Waals surface area contributed by atoms with E-state index >= 15 is 0 Å². The fraction of sp³-hybridized carbons (Fsp3) is 0.900. The van der Waals surface area contributed by atoms with Gasteiger partial charge in [-0.1, -0.05) is 58.8 Å². The lowest BCUT2D eigenvalue weighted by Gasteiger charge is -2.64. The fourth-order valence-corrected chi connectivity index (χ4v) is 14.9. The van der Waals surface area contributed by atoms with E-state index < -0.39 is 158 Å². The molecule has 20 heteroatoms. The minimum absolute atomic E-state index is 0.0766. The van der Waals surface area contributed by atoms with Crippen LogP contribution >= 0.6 is 0 Å². The molecule has 70 heavy (non-hydrogen) atoms. The quantitative estimate of drug-likeness (QED) is 0.0744. The van der Waals surface area contributed by atoms with Crippen LogP contribution in [0.25, 0.3) is 0 Å². The maximum atomic E-state index is 13.2. The molecule has 10 N–H and O–H groups in total. The Morgan fingerprint density at radius 1 is 0.686 bits per heavy atom. The van der Waals surface area contributed by atoms with Crippen LogP contribution in [0, 0.1) is 39.4 Å². The molecule has 4 aliphatic carbocycles. The number of allylic oxidation sites excluding steroid dienone is 2. The normalized spacial score (nSPS) is 52.6. The molecule has 400 valence electrons. The molecule has 0 aromatic rings. The van der Waals surface area contributed by atoms with Gasteiger partial charge in [0.1, 0.15) is 72.7 Å². The number of methoxy groups -OCH3 is 2. The average Bonchev–Trinajstić information content (AvgIpc) is 3.51. The van der Waals surface area contributed by atoms with Crippen molar-refractivity contribution in [2.45, 2.75) is 217 Å². The molecule has 0 radical (unpaired) electrons. The van der Waals surface area contributed by atoms with Crippen LogP contribution in [0.2, 0.25) is 0 Å². The van der Waals surface area contributed by atoms with Crippen molar-refractivity contribution in [2.75, 3.05) is 27.4 Å². The second-order valence-electron chi connectivity index (χ2n) is 22.9. The largest absolute Gasteiger partial charge is 0.466 e. The predicted octanol–water partition coefficient (Wildman–Crippen LogP) is 0.0645. The van der Waals surface area contributed by atoms with Gasteiger partial charge in [0.15, 0.2) is 25.2 Å². The van der Waals surface area contributed by atoms with Gasteiger partial charge >= 0.3 is 5.97 Å². The van der Waals surface area contributed by atoms with E-state index in [-0.39, 0.29) is 17.3 Å². The van der Waals surface area contributed by atoms with E-state index in [2.05, 4.69) is 34.6 Å². The van der Waals surface area contributed by atoms with Crippen molar-refractivity contribution in [2.24, 2.45) is 39.4 Å². The first-order valence-corrected chi connectivity index (χ1v) is 25.1. The van der Waals surface area contributed by atoms with Gasteiger partial charge in [0.2, 0.25) is 0 Å². The number of carbonyl (C=O) groups is 1. The maximum Gasteiger partial charge on any atom is 0.333 e. The topological polar surface area (TPSA) is 302 Å². The summed E-state index contributed by atoms with van der Waals surface area (Å²) < 4.78 is 54.4. The van der Waals surface area contributed by atoms with E-state index in [0.29, 0.717) is 31.3 Å². The molecule has 6 fully saturated rings. The highest BCUT2D eigenvalue weighted by atomic mass is 16.8. The number of hydrogen-bond donors (Lipinski definition) is 10. The van der Waals surface area contributed by atoms with Crippen LogP contribution < -0.4 is 0 Å². The molecule has 2 saturated carbocycles.